The van der Waals surface area contributed by atoms with E-state index < -0.39 is 0 Å². The molecule has 0 amide bonds. The molecule has 2 atom stereocenters. The van der Waals surface area contributed by atoms with E-state index in [1.165, 1.54) is 12.8 Å². The third-order valence-electron chi connectivity index (χ3n) is 2.60. The maximum Gasteiger partial charge on any atom is 0.0977 e. The fourth-order valence-corrected chi connectivity index (χ4v) is 1.71. The highest BCUT2D eigenvalue weighted by molar-refractivity contribution is 4.97. The summed E-state index contributed by atoms with van der Waals surface area (Å²) in [6.45, 7) is 5.41. The van der Waals surface area contributed by atoms with Gasteiger partial charge in [-0.1, -0.05) is 13.8 Å². The molecule has 2 unspecified atom stereocenters. The van der Waals surface area contributed by atoms with Crippen LogP contribution in [0.4, 0.5) is 0 Å². The SMILES string of the molecule is CCC(C#N)N1CCC1CC. The van der Waals surface area contributed by atoms with Gasteiger partial charge in [0.15, 0.2) is 0 Å². The number of hydrogen-bond acceptors (Lipinski definition) is 2. The van der Waals surface area contributed by atoms with Crippen LogP contribution in [0.1, 0.15) is 33.1 Å². The fraction of sp³-hybridized carbons (Fsp3) is 0.889. The van der Waals surface area contributed by atoms with Gasteiger partial charge in [-0.2, -0.15) is 5.26 Å². The van der Waals surface area contributed by atoms with Crippen molar-refractivity contribution in [3.63, 3.8) is 0 Å². The minimum absolute atomic E-state index is 0.175. The smallest absolute Gasteiger partial charge is 0.0977 e. The minimum Gasteiger partial charge on any atom is -0.285 e. The van der Waals surface area contributed by atoms with Crippen molar-refractivity contribution in [2.45, 2.75) is 45.2 Å². The average molecular weight is 152 g/mol. The van der Waals surface area contributed by atoms with Crippen LogP contribution in [-0.2, 0) is 0 Å². The summed E-state index contributed by atoms with van der Waals surface area (Å²) in [6, 6.07) is 3.21. The van der Waals surface area contributed by atoms with Gasteiger partial charge in [0, 0.05) is 12.6 Å². The Morgan fingerprint density at radius 3 is 2.64 bits per heavy atom. The van der Waals surface area contributed by atoms with E-state index in [9.17, 15) is 0 Å². The van der Waals surface area contributed by atoms with Crippen molar-refractivity contribution in [3.8, 4) is 6.07 Å². The third-order valence-corrected chi connectivity index (χ3v) is 2.60. The monoisotopic (exact) mass is 152 g/mol. The summed E-state index contributed by atoms with van der Waals surface area (Å²) in [5, 5.41) is 8.78. The standard InChI is InChI=1S/C9H16N2/c1-3-8-5-6-11(8)9(4-2)7-10/h8-9H,3-6H2,1-2H3. The number of hydrogen-bond donors (Lipinski definition) is 0. The maximum absolute atomic E-state index is 8.78. The lowest BCUT2D eigenvalue weighted by Gasteiger charge is -2.43. The van der Waals surface area contributed by atoms with Crippen LogP contribution in [0.5, 0.6) is 0 Å². The largest absolute Gasteiger partial charge is 0.285 e. The average Bonchev–Trinajstić information content (AvgIpc) is 1.98. The highest BCUT2D eigenvalue weighted by Crippen LogP contribution is 2.23. The van der Waals surface area contributed by atoms with E-state index >= 15 is 0 Å². The zero-order valence-corrected chi connectivity index (χ0v) is 7.38. The van der Waals surface area contributed by atoms with E-state index in [0.717, 1.165) is 13.0 Å². The molecule has 0 spiro atoms. The fourth-order valence-electron chi connectivity index (χ4n) is 1.71. The Morgan fingerprint density at radius 2 is 2.36 bits per heavy atom. The molecule has 1 saturated heterocycles. The molecule has 0 radical (unpaired) electrons. The molecule has 0 aromatic heterocycles. The van der Waals surface area contributed by atoms with Gasteiger partial charge in [-0.3, -0.25) is 4.90 Å². The van der Waals surface area contributed by atoms with Gasteiger partial charge >= 0.3 is 0 Å². The molecule has 0 N–H and O–H groups in total. The lowest BCUT2D eigenvalue weighted by atomic mass is 9.97. The number of nitriles is 1. The van der Waals surface area contributed by atoms with Crippen molar-refractivity contribution in [2.24, 2.45) is 0 Å². The van der Waals surface area contributed by atoms with Gasteiger partial charge in [-0.05, 0) is 19.3 Å². The number of likely N-dealkylation sites (tertiary alicyclic amines) is 1. The molecule has 1 heterocycles. The Hall–Kier alpha value is -0.550. The van der Waals surface area contributed by atoms with Gasteiger partial charge in [0.1, 0.15) is 0 Å². The molecular formula is C9H16N2. The molecule has 1 fully saturated rings. The van der Waals surface area contributed by atoms with Crippen molar-refractivity contribution in [2.75, 3.05) is 6.54 Å². The van der Waals surface area contributed by atoms with Gasteiger partial charge in [-0.15, -0.1) is 0 Å². The molecule has 1 rings (SSSR count). The summed E-state index contributed by atoms with van der Waals surface area (Å²) in [5.41, 5.74) is 0. The molecule has 0 aliphatic carbocycles. The highest BCUT2D eigenvalue weighted by Gasteiger charge is 2.31. The summed E-state index contributed by atoms with van der Waals surface area (Å²) in [7, 11) is 0. The molecule has 2 nitrogen and oxygen atoms in total. The predicted molar refractivity (Wildman–Crippen MR) is 45.1 cm³/mol. The number of nitrogens with zero attached hydrogens (tertiary/aromatic N) is 2. The van der Waals surface area contributed by atoms with Crippen molar-refractivity contribution >= 4 is 0 Å². The lowest BCUT2D eigenvalue weighted by molar-refractivity contribution is 0.0598. The lowest BCUT2D eigenvalue weighted by Crippen LogP contribution is -2.52. The summed E-state index contributed by atoms with van der Waals surface area (Å²) >= 11 is 0. The zero-order valence-electron chi connectivity index (χ0n) is 7.38. The van der Waals surface area contributed by atoms with Crippen molar-refractivity contribution in [3.05, 3.63) is 0 Å². The van der Waals surface area contributed by atoms with Crippen LogP contribution in [0, 0.1) is 11.3 Å². The van der Waals surface area contributed by atoms with Crippen LogP contribution < -0.4 is 0 Å². The topological polar surface area (TPSA) is 27.0 Å². The second kappa shape index (κ2) is 3.73. The Balaban J connectivity index is 2.41. The zero-order chi connectivity index (χ0) is 8.27. The molecule has 1 aliphatic rings. The molecule has 0 aromatic rings. The van der Waals surface area contributed by atoms with Crippen LogP contribution in [0.15, 0.2) is 0 Å². The van der Waals surface area contributed by atoms with Crippen LogP contribution in [0.25, 0.3) is 0 Å². The first-order valence-corrected chi connectivity index (χ1v) is 4.48. The first-order chi connectivity index (χ1) is 5.33. The summed E-state index contributed by atoms with van der Waals surface area (Å²) in [4.78, 5) is 2.32. The quantitative estimate of drug-likeness (QED) is 0.616. The van der Waals surface area contributed by atoms with Crippen LogP contribution >= 0.6 is 0 Å². The third kappa shape index (κ3) is 1.54. The molecule has 11 heavy (non-hydrogen) atoms. The van der Waals surface area contributed by atoms with E-state index in [1.54, 1.807) is 0 Å². The van der Waals surface area contributed by atoms with E-state index in [1.807, 2.05) is 0 Å². The first-order valence-electron chi connectivity index (χ1n) is 4.48. The Bertz CT molecular complexity index is 157. The second-order valence-corrected chi connectivity index (χ2v) is 3.14. The summed E-state index contributed by atoms with van der Waals surface area (Å²) < 4.78 is 0. The van der Waals surface area contributed by atoms with E-state index in [2.05, 4.69) is 24.8 Å². The van der Waals surface area contributed by atoms with E-state index in [4.69, 9.17) is 5.26 Å². The van der Waals surface area contributed by atoms with Gasteiger partial charge < -0.3 is 0 Å². The van der Waals surface area contributed by atoms with Crippen LogP contribution in [0.3, 0.4) is 0 Å². The molecule has 0 aromatic carbocycles. The van der Waals surface area contributed by atoms with Crippen molar-refractivity contribution < 1.29 is 0 Å². The van der Waals surface area contributed by atoms with Crippen LogP contribution in [-0.4, -0.2) is 23.5 Å². The van der Waals surface area contributed by atoms with E-state index in [-0.39, 0.29) is 6.04 Å². The van der Waals surface area contributed by atoms with Crippen molar-refractivity contribution in [1.29, 1.82) is 5.26 Å². The highest BCUT2D eigenvalue weighted by atomic mass is 15.2. The van der Waals surface area contributed by atoms with Gasteiger partial charge in [0.05, 0.1) is 12.1 Å². The number of rotatable bonds is 3. The van der Waals surface area contributed by atoms with Crippen LogP contribution in [0.2, 0.25) is 0 Å². The summed E-state index contributed by atoms with van der Waals surface area (Å²) in [5.74, 6) is 0. The first kappa shape index (κ1) is 8.55. The Labute approximate surface area is 68.8 Å². The maximum atomic E-state index is 8.78. The molecule has 62 valence electrons. The Kier molecular flexibility index (Phi) is 2.90. The molecule has 2 heteroatoms. The Morgan fingerprint density at radius 1 is 1.64 bits per heavy atom. The van der Waals surface area contributed by atoms with Gasteiger partial charge in [0.2, 0.25) is 0 Å². The molecule has 0 saturated carbocycles. The van der Waals surface area contributed by atoms with E-state index in [0.29, 0.717) is 6.04 Å². The second-order valence-electron chi connectivity index (χ2n) is 3.14. The van der Waals surface area contributed by atoms with Gasteiger partial charge in [0.25, 0.3) is 0 Å². The minimum atomic E-state index is 0.175. The molecule has 1 aliphatic heterocycles. The summed E-state index contributed by atoms with van der Waals surface area (Å²) in [6.07, 6.45) is 3.44. The normalized spacial score (nSPS) is 27.2. The van der Waals surface area contributed by atoms with Crippen molar-refractivity contribution in [1.82, 2.24) is 4.90 Å². The molecular weight excluding hydrogens is 136 g/mol. The van der Waals surface area contributed by atoms with Gasteiger partial charge in [-0.25, -0.2) is 0 Å². The predicted octanol–water partition coefficient (Wildman–Crippen LogP) is 1.77. The molecule has 0 bridgehead atoms.